The molecule has 14 nitrogen and oxygen atoms in total. The molecule has 6 rings (SSSR count). The van der Waals surface area contributed by atoms with Crippen molar-refractivity contribution in [2.75, 3.05) is 46.8 Å². The van der Waals surface area contributed by atoms with E-state index in [1.807, 2.05) is 20.8 Å². The predicted molar refractivity (Wildman–Crippen MR) is 213 cm³/mol. The number of nitrogens with one attached hydrogen (secondary N) is 4. The van der Waals surface area contributed by atoms with Crippen LogP contribution in [0.3, 0.4) is 0 Å². The zero-order valence-electron chi connectivity index (χ0n) is 34.8. The van der Waals surface area contributed by atoms with E-state index < -0.39 is 56.9 Å². The van der Waals surface area contributed by atoms with Gasteiger partial charge in [0.05, 0.1) is 12.0 Å². The van der Waals surface area contributed by atoms with Gasteiger partial charge in [-0.2, -0.15) is 12.7 Å². The van der Waals surface area contributed by atoms with Gasteiger partial charge < -0.3 is 25.8 Å². The number of amides is 5. The van der Waals surface area contributed by atoms with E-state index in [2.05, 4.69) is 41.1 Å². The molecule has 4 N–H and O–H groups in total. The van der Waals surface area contributed by atoms with Crippen molar-refractivity contribution in [2.45, 2.75) is 130 Å². The normalized spacial score (nSPS) is 30.7. The second-order valence-corrected chi connectivity index (χ2v) is 21.5. The van der Waals surface area contributed by atoms with Gasteiger partial charge in [-0.05, 0) is 93.5 Å². The molecule has 314 valence electrons. The van der Waals surface area contributed by atoms with Gasteiger partial charge in [0.25, 0.3) is 0 Å². The van der Waals surface area contributed by atoms with Gasteiger partial charge in [-0.15, -0.1) is 6.58 Å². The molecule has 56 heavy (non-hydrogen) atoms. The summed E-state index contributed by atoms with van der Waals surface area (Å²) in [5, 5.41) is 9.08. The fourth-order valence-corrected chi connectivity index (χ4v) is 12.5. The fraction of sp³-hybridized carbons (Fsp3) is 0.829. The summed E-state index contributed by atoms with van der Waals surface area (Å²) in [4.78, 5) is 73.9. The second kappa shape index (κ2) is 15.3. The summed E-state index contributed by atoms with van der Waals surface area (Å²) < 4.78 is 29.6. The lowest BCUT2D eigenvalue weighted by Crippen LogP contribution is -2.62. The summed E-state index contributed by atoms with van der Waals surface area (Å²) in [6, 6.07) is -2.64. The molecular weight excluding hydrogens is 735 g/mol. The Morgan fingerprint density at radius 2 is 1.55 bits per heavy atom. The van der Waals surface area contributed by atoms with Crippen LogP contribution in [0.15, 0.2) is 12.7 Å². The van der Waals surface area contributed by atoms with E-state index in [1.165, 1.54) is 4.31 Å². The minimum Gasteiger partial charge on any atom is -0.353 e. The summed E-state index contributed by atoms with van der Waals surface area (Å²) >= 11 is 0. The molecule has 6 fully saturated rings. The largest absolute Gasteiger partial charge is 0.353 e. The van der Waals surface area contributed by atoms with E-state index in [-0.39, 0.29) is 53.0 Å². The first kappa shape index (κ1) is 42.6. The van der Waals surface area contributed by atoms with Crippen LogP contribution < -0.4 is 20.7 Å². The first-order chi connectivity index (χ1) is 26.2. The van der Waals surface area contributed by atoms with Crippen molar-refractivity contribution in [3.8, 4) is 0 Å². The van der Waals surface area contributed by atoms with Gasteiger partial charge in [0.15, 0.2) is 0 Å². The maximum absolute atomic E-state index is 15.0. The molecule has 0 unspecified atom stereocenters. The Labute approximate surface area is 334 Å². The molecule has 5 amide bonds. The third-order valence-electron chi connectivity index (χ3n) is 15.1. The Morgan fingerprint density at radius 1 is 0.911 bits per heavy atom. The van der Waals surface area contributed by atoms with Crippen LogP contribution in [0.1, 0.15) is 112 Å². The molecule has 0 bridgehead atoms. The number of hydrogen-bond acceptors (Lipinski definition) is 8. The third-order valence-corrected chi connectivity index (χ3v) is 16.5. The molecule has 0 aromatic rings. The molecule has 2 heterocycles. The number of rotatable bonds is 14. The summed E-state index contributed by atoms with van der Waals surface area (Å²) in [5.74, 6) is -2.43. The standard InChI is InChI=1S/C41H67N7O7S/c1-9-28-22-39(28,36(53)45-56(54,55)47-20-13-14-21-47)25-42-33(50)29-23-41(38(5,6)40(41)18-15-19-40)26-48(29)35(52)32(37(2,3)4)44-34(51)31(27-16-11-10-12-17-27)43-30(49)24-46(7)8/h9,27-29,31-32H,1,10-26H2,2-8H3,(H,42,50)(H,43,49)(H,44,51)(H,45,53)/t28-,29+,31+,32-,39-,41-/m1/s1. The van der Waals surface area contributed by atoms with Crippen molar-refractivity contribution >= 4 is 39.7 Å². The van der Waals surface area contributed by atoms with Crippen LogP contribution in [0.2, 0.25) is 0 Å². The molecule has 0 radical (unpaired) electrons. The summed E-state index contributed by atoms with van der Waals surface area (Å²) in [5.41, 5.74) is -2.28. The third kappa shape index (κ3) is 7.42. The van der Waals surface area contributed by atoms with E-state index in [4.69, 9.17) is 0 Å². The smallest absolute Gasteiger partial charge is 0.303 e. The Balaban J connectivity index is 1.24. The van der Waals surface area contributed by atoms with Crippen molar-refractivity contribution in [1.29, 1.82) is 0 Å². The zero-order valence-corrected chi connectivity index (χ0v) is 35.6. The van der Waals surface area contributed by atoms with Gasteiger partial charge in [0.1, 0.15) is 18.1 Å². The number of carbonyl (C=O) groups is 5. The molecule has 4 saturated carbocycles. The minimum absolute atomic E-state index is 0.0201. The van der Waals surface area contributed by atoms with Crippen LogP contribution in [-0.4, -0.2) is 117 Å². The van der Waals surface area contributed by atoms with Gasteiger partial charge in [0.2, 0.25) is 29.5 Å². The number of likely N-dealkylation sites (tertiary alicyclic amines) is 1. The Bertz CT molecular complexity index is 1690. The lowest BCUT2D eigenvalue weighted by atomic mass is 9.73. The molecule has 6 aliphatic rings. The molecule has 15 heteroatoms. The highest BCUT2D eigenvalue weighted by Crippen LogP contribution is 2.88. The molecule has 0 aromatic heterocycles. The first-order valence-corrected chi connectivity index (χ1v) is 22.4. The van der Waals surface area contributed by atoms with Crippen molar-refractivity contribution < 1.29 is 32.4 Å². The number of likely N-dealkylation sites (N-methyl/N-ethyl adjacent to an activating group) is 1. The Hall–Kier alpha value is -3.04. The fourth-order valence-electron chi connectivity index (χ4n) is 11.2. The second-order valence-electron chi connectivity index (χ2n) is 19.8. The highest BCUT2D eigenvalue weighted by molar-refractivity contribution is 7.87. The Kier molecular flexibility index (Phi) is 11.6. The van der Waals surface area contributed by atoms with Crippen molar-refractivity contribution in [2.24, 2.45) is 38.9 Å². The molecule has 2 aliphatic heterocycles. The van der Waals surface area contributed by atoms with Crippen LogP contribution in [0.4, 0.5) is 0 Å². The molecule has 4 aliphatic carbocycles. The highest BCUT2D eigenvalue weighted by atomic mass is 32.2. The zero-order chi connectivity index (χ0) is 41.1. The van der Waals surface area contributed by atoms with Crippen LogP contribution in [0.25, 0.3) is 0 Å². The van der Waals surface area contributed by atoms with Gasteiger partial charge in [-0.3, -0.25) is 24.0 Å². The molecule has 2 spiro atoms. The van der Waals surface area contributed by atoms with Crippen LogP contribution >= 0.6 is 0 Å². The van der Waals surface area contributed by atoms with E-state index >= 15 is 4.79 Å². The maximum Gasteiger partial charge on any atom is 0.303 e. The molecule has 0 aromatic carbocycles. The number of allylic oxidation sites excluding steroid dienone is 1. The van der Waals surface area contributed by atoms with Gasteiger partial charge >= 0.3 is 10.2 Å². The van der Waals surface area contributed by atoms with E-state index in [1.54, 1.807) is 30.0 Å². The van der Waals surface area contributed by atoms with Crippen molar-refractivity contribution in [3.63, 3.8) is 0 Å². The monoisotopic (exact) mass is 801 g/mol. The molecular formula is C41H67N7O7S. The summed E-state index contributed by atoms with van der Waals surface area (Å²) in [7, 11) is -0.430. The SMILES string of the molecule is C=C[C@@H]1C[C@]1(CNC(=O)[C@@H]1C[C@@]2(CN1C(=O)[C@@H](NC(=O)[C@@H](NC(=O)CN(C)C)C1CCCCC1)C(C)(C)C)C(C)(C)C21CCC1)C(=O)NS(=O)(=O)N1CCCC1. The van der Waals surface area contributed by atoms with Crippen molar-refractivity contribution in [3.05, 3.63) is 12.7 Å². The summed E-state index contributed by atoms with van der Waals surface area (Å²) in [6.07, 6.45) is 11.7. The Morgan fingerprint density at radius 3 is 2.07 bits per heavy atom. The number of carbonyl (C=O) groups excluding carboxylic acids is 5. The van der Waals surface area contributed by atoms with E-state index in [9.17, 15) is 27.6 Å². The quantitative estimate of drug-likeness (QED) is 0.194. The van der Waals surface area contributed by atoms with Gasteiger partial charge in [0, 0.05) is 31.6 Å². The number of hydrogen-bond donors (Lipinski definition) is 4. The average molecular weight is 802 g/mol. The van der Waals surface area contributed by atoms with Crippen LogP contribution in [0.5, 0.6) is 0 Å². The average Bonchev–Trinajstić information content (AvgIpc) is 3.57. The molecule has 6 atom stereocenters. The highest BCUT2D eigenvalue weighted by Gasteiger charge is 2.85. The lowest BCUT2D eigenvalue weighted by Gasteiger charge is -2.38. The predicted octanol–water partition coefficient (Wildman–Crippen LogP) is 2.71. The minimum atomic E-state index is -4.02. The molecule has 2 saturated heterocycles. The van der Waals surface area contributed by atoms with Crippen LogP contribution in [0, 0.1) is 38.9 Å². The lowest BCUT2D eigenvalue weighted by molar-refractivity contribution is -0.145. The number of fused-ring (bicyclic) bond motifs is 1. The van der Waals surface area contributed by atoms with Gasteiger partial charge in [-0.25, -0.2) is 4.72 Å². The van der Waals surface area contributed by atoms with Gasteiger partial charge in [-0.1, -0.05) is 66.4 Å². The topological polar surface area (TPSA) is 177 Å². The van der Waals surface area contributed by atoms with E-state index in [0.29, 0.717) is 32.5 Å². The maximum atomic E-state index is 15.0. The van der Waals surface area contributed by atoms with Crippen molar-refractivity contribution in [1.82, 2.24) is 34.8 Å². The van der Waals surface area contributed by atoms with Crippen LogP contribution in [-0.2, 0) is 34.2 Å². The number of nitrogens with zero attached hydrogens (tertiary/aromatic N) is 3. The summed E-state index contributed by atoms with van der Waals surface area (Å²) in [6.45, 7) is 15.1. The first-order valence-electron chi connectivity index (χ1n) is 20.9. The van der Waals surface area contributed by atoms with E-state index in [0.717, 1.165) is 64.2 Å².